The van der Waals surface area contributed by atoms with Gasteiger partial charge in [0.05, 0.1) is 5.92 Å². The first-order chi connectivity index (χ1) is 4.84. The lowest BCUT2D eigenvalue weighted by Gasteiger charge is -2.13. The Labute approximate surface area is 65.1 Å². The third-order valence-electron chi connectivity index (χ3n) is 1.28. The van der Waals surface area contributed by atoms with Gasteiger partial charge in [-0.1, -0.05) is 6.92 Å². The highest BCUT2D eigenvalue weighted by Crippen LogP contribution is 2.27. The lowest BCUT2D eigenvalue weighted by atomic mass is 10.1. The molecule has 0 amide bonds. The zero-order valence-electron chi connectivity index (χ0n) is 5.89. The molecule has 1 N–H and O–H groups in total. The van der Waals surface area contributed by atoms with Crippen molar-refractivity contribution in [1.82, 2.24) is 0 Å². The Hall–Kier alpha value is -0.100. The van der Waals surface area contributed by atoms with Crippen LogP contribution < -0.4 is 0 Å². The van der Waals surface area contributed by atoms with Gasteiger partial charge >= 0.3 is 6.18 Å². The monoisotopic (exact) mass is 190 g/mol. The van der Waals surface area contributed by atoms with E-state index in [0.717, 1.165) is 6.92 Å². The van der Waals surface area contributed by atoms with Gasteiger partial charge in [-0.2, -0.15) is 13.2 Å². The molecule has 0 bridgehead atoms. The molecule has 0 radical (unpaired) electrons. The van der Waals surface area contributed by atoms with Gasteiger partial charge in [-0.25, -0.2) is 4.21 Å². The Morgan fingerprint density at radius 1 is 1.55 bits per heavy atom. The van der Waals surface area contributed by atoms with E-state index < -0.39 is 23.2 Å². The minimum Gasteiger partial charge on any atom is -0.306 e. The first kappa shape index (κ1) is 10.9. The van der Waals surface area contributed by atoms with Crippen LogP contribution in [0.25, 0.3) is 0 Å². The van der Waals surface area contributed by atoms with Crippen molar-refractivity contribution in [3.05, 3.63) is 0 Å². The van der Waals surface area contributed by atoms with E-state index in [4.69, 9.17) is 4.55 Å². The van der Waals surface area contributed by atoms with Gasteiger partial charge in [0.1, 0.15) is 0 Å². The van der Waals surface area contributed by atoms with Crippen LogP contribution >= 0.6 is 0 Å². The van der Waals surface area contributed by atoms with E-state index in [0.29, 0.717) is 0 Å². The van der Waals surface area contributed by atoms with Crippen molar-refractivity contribution in [2.24, 2.45) is 5.92 Å². The Kier molecular flexibility index (Phi) is 4.02. The molecule has 0 aromatic carbocycles. The Bertz CT molecular complexity index is 145. The molecule has 0 aromatic rings. The van der Waals surface area contributed by atoms with Crippen molar-refractivity contribution in [3.8, 4) is 0 Å². The van der Waals surface area contributed by atoms with Gasteiger partial charge in [0, 0.05) is 5.75 Å². The van der Waals surface area contributed by atoms with Crippen molar-refractivity contribution in [3.63, 3.8) is 0 Å². The molecular weight excluding hydrogens is 181 g/mol. The van der Waals surface area contributed by atoms with Crippen molar-refractivity contribution in [2.45, 2.75) is 19.5 Å². The third-order valence-corrected chi connectivity index (χ3v) is 1.87. The minimum absolute atomic E-state index is 0.299. The second-order valence-corrected chi connectivity index (χ2v) is 3.31. The summed E-state index contributed by atoms with van der Waals surface area (Å²) in [5, 5.41) is 0. The minimum atomic E-state index is -4.25. The third kappa shape index (κ3) is 5.20. The molecule has 0 fully saturated rings. The highest BCUT2D eigenvalue weighted by Gasteiger charge is 2.35. The van der Waals surface area contributed by atoms with Crippen LogP contribution in [-0.4, -0.2) is 20.7 Å². The van der Waals surface area contributed by atoms with E-state index in [1.807, 2.05) is 0 Å². The summed E-state index contributed by atoms with van der Waals surface area (Å²) in [5.74, 6) is -1.82. The van der Waals surface area contributed by atoms with Crippen LogP contribution in [-0.2, 0) is 11.1 Å². The van der Waals surface area contributed by atoms with Gasteiger partial charge in [0.25, 0.3) is 0 Å². The summed E-state index contributed by atoms with van der Waals surface area (Å²) < 4.78 is 53.3. The van der Waals surface area contributed by atoms with E-state index >= 15 is 0 Å². The summed E-state index contributed by atoms with van der Waals surface area (Å²) >= 11 is -2.12. The predicted octanol–water partition coefficient (Wildman–Crippen LogP) is 1.80. The van der Waals surface area contributed by atoms with E-state index in [-0.39, 0.29) is 12.2 Å². The second kappa shape index (κ2) is 4.06. The van der Waals surface area contributed by atoms with E-state index in [1.165, 1.54) is 0 Å². The SMILES string of the molecule is CC(CCS(=O)O)C(F)(F)F. The summed E-state index contributed by atoms with van der Waals surface area (Å²) in [5.41, 5.74) is 0. The number of hydrogen-bond acceptors (Lipinski definition) is 1. The fraction of sp³-hybridized carbons (Fsp3) is 1.00. The Balaban J connectivity index is 3.70. The van der Waals surface area contributed by atoms with Gasteiger partial charge in [0.2, 0.25) is 0 Å². The maximum absolute atomic E-state index is 11.7. The molecule has 0 saturated carbocycles. The van der Waals surface area contributed by atoms with Gasteiger partial charge in [0.15, 0.2) is 11.1 Å². The van der Waals surface area contributed by atoms with Crippen molar-refractivity contribution >= 4 is 11.1 Å². The summed E-state index contributed by atoms with van der Waals surface area (Å²) in [4.78, 5) is 0. The molecule has 6 heteroatoms. The molecule has 0 aliphatic heterocycles. The van der Waals surface area contributed by atoms with Crippen LogP contribution in [0.15, 0.2) is 0 Å². The summed E-state index contributed by atoms with van der Waals surface area (Å²) in [7, 11) is 0. The molecular formula is C5H9F3O2S. The normalized spacial score (nSPS) is 17.9. The molecule has 2 unspecified atom stereocenters. The van der Waals surface area contributed by atoms with Crippen LogP contribution in [0.5, 0.6) is 0 Å². The molecule has 68 valence electrons. The maximum atomic E-state index is 11.7. The van der Waals surface area contributed by atoms with E-state index in [9.17, 15) is 17.4 Å². The summed E-state index contributed by atoms with van der Waals surface area (Å²) in [6.07, 6.45) is -4.55. The number of alkyl halides is 3. The molecule has 0 saturated heterocycles. The van der Waals surface area contributed by atoms with Gasteiger partial charge in [-0.3, -0.25) is 0 Å². The molecule has 0 rings (SSSR count). The van der Waals surface area contributed by atoms with Crippen molar-refractivity contribution in [1.29, 1.82) is 0 Å². The summed E-state index contributed by atoms with van der Waals surface area (Å²) in [6, 6.07) is 0. The average molecular weight is 190 g/mol. The number of rotatable bonds is 3. The average Bonchev–Trinajstić information content (AvgIpc) is 1.80. The highest BCUT2D eigenvalue weighted by molar-refractivity contribution is 7.79. The van der Waals surface area contributed by atoms with Crippen LogP contribution in [0.2, 0.25) is 0 Å². The van der Waals surface area contributed by atoms with E-state index in [2.05, 4.69) is 0 Å². The van der Waals surface area contributed by atoms with Gasteiger partial charge < -0.3 is 4.55 Å². The van der Waals surface area contributed by atoms with E-state index in [1.54, 1.807) is 0 Å². The topological polar surface area (TPSA) is 37.3 Å². The van der Waals surface area contributed by atoms with Crippen LogP contribution in [0, 0.1) is 5.92 Å². The van der Waals surface area contributed by atoms with Gasteiger partial charge in [-0.05, 0) is 6.42 Å². The Morgan fingerprint density at radius 3 is 2.27 bits per heavy atom. The standard InChI is InChI=1S/C5H9F3O2S/c1-4(5(6,7)8)2-3-11(9)10/h4H,2-3H2,1H3,(H,9,10). The lowest BCUT2D eigenvalue weighted by Crippen LogP contribution is -2.21. The molecule has 0 spiro atoms. The van der Waals surface area contributed by atoms with Gasteiger partial charge in [-0.15, -0.1) is 0 Å². The van der Waals surface area contributed by atoms with Crippen molar-refractivity contribution < 1.29 is 21.9 Å². The molecule has 11 heavy (non-hydrogen) atoms. The Morgan fingerprint density at radius 2 is 2.00 bits per heavy atom. The number of halogens is 3. The van der Waals surface area contributed by atoms with Crippen LogP contribution in [0.3, 0.4) is 0 Å². The largest absolute Gasteiger partial charge is 0.391 e. The van der Waals surface area contributed by atoms with Crippen LogP contribution in [0.1, 0.15) is 13.3 Å². The zero-order valence-corrected chi connectivity index (χ0v) is 6.71. The summed E-state index contributed by atoms with van der Waals surface area (Å²) in [6.45, 7) is 0.993. The zero-order chi connectivity index (χ0) is 9.07. The quantitative estimate of drug-likeness (QED) is 0.689. The molecule has 0 aromatic heterocycles. The molecule has 2 atom stereocenters. The smallest absolute Gasteiger partial charge is 0.306 e. The maximum Gasteiger partial charge on any atom is 0.391 e. The first-order valence-corrected chi connectivity index (χ1v) is 4.25. The fourth-order valence-corrected chi connectivity index (χ4v) is 0.996. The second-order valence-electron chi connectivity index (χ2n) is 2.26. The predicted molar refractivity (Wildman–Crippen MR) is 35.5 cm³/mol. The fourth-order valence-electron chi connectivity index (χ4n) is 0.441. The highest BCUT2D eigenvalue weighted by atomic mass is 32.2. The van der Waals surface area contributed by atoms with Crippen molar-refractivity contribution in [2.75, 3.05) is 5.75 Å². The molecule has 0 aliphatic rings. The molecule has 2 nitrogen and oxygen atoms in total. The van der Waals surface area contributed by atoms with Crippen LogP contribution in [0.4, 0.5) is 13.2 Å². The molecule has 0 heterocycles. The lowest BCUT2D eigenvalue weighted by molar-refractivity contribution is -0.169. The first-order valence-electron chi connectivity index (χ1n) is 2.98. The number of hydrogen-bond donors (Lipinski definition) is 1. The molecule has 0 aliphatic carbocycles.